The van der Waals surface area contributed by atoms with Crippen molar-refractivity contribution in [2.75, 3.05) is 5.06 Å². The maximum atomic E-state index is 5.35. The number of anilines is 1. The van der Waals surface area contributed by atoms with Crippen LogP contribution in [-0.4, -0.2) is 0 Å². The Balaban J connectivity index is 2.29. The summed E-state index contributed by atoms with van der Waals surface area (Å²) in [6, 6.07) is 6.32. The molecule has 2 nitrogen and oxygen atoms in total. The summed E-state index contributed by atoms with van der Waals surface area (Å²) in [5, 5.41) is 1.81. The molecule has 0 aliphatic carbocycles. The summed E-state index contributed by atoms with van der Waals surface area (Å²) in [6.07, 6.45) is 8.77. The second-order valence-corrected chi connectivity index (χ2v) is 3.18. The Labute approximate surface area is 76.7 Å². The van der Waals surface area contributed by atoms with E-state index in [1.54, 1.807) is 6.26 Å². The molecule has 1 aromatic rings. The standard InChI is InChI=1S/C11H9NO/c1-3-9-5-2-7-12-11(9)10(4-1)6-8-13-12/h1-4,6-8H,5H2. The largest absolute Gasteiger partial charge is 0.383 e. The van der Waals surface area contributed by atoms with Crippen LogP contribution < -0.4 is 5.06 Å². The fourth-order valence-electron chi connectivity index (χ4n) is 1.79. The van der Waals surface area contributed by atoms with E-state index in [0.29, 0.717) is 0 Å². The second kappa shape index (κ2) is 2.39. The van der Waals surface area contributed by atoms with E-state index in [1.165, 1.54) is 16.8 Å². The van der Waals surface area contributed by atoms with Gasteiger partial charge in [0.1, 0.15) is 6.26 Å². The van der Waals surface area contributed by atoms with Crippen LogP contribution >= 0.6 is 0 Å². The van der Waals surface area contributed by atoms with Crippen LogP contribution in [0.15, 0.2) is 36.7 Å². The molecule has 3 rings (SSSR count). The molecule has 2 aliphatic heterocycles. The number of nitrogens with zero attached hydrogens (tertiary/aromatic N) is 1. The zero-order valence-corrected chi connectivity index (χ0v) is 7.10. The first-order chi connectivity index (χ1) is 6.45. The molecule has 0 fully saturated rings. The number of rotatable bonds is 0. The summed E-state index contributed by atoms with van der Waals surface area (Å²) < 4.78 is 0. The molecule has 0 saturated carbocycles. The highest BCUT2D eigenvalue weighted by atomic mass is 16.7. The Morgan fingerprint density at radius 2 is 2.31 bits per heavy atom. The van der Waals surface area contributed by atoms with Crippen molar-refractivity contribution < 1.29 is 4.84 Å². The highest BCUT2D eigenvalue weighted by molar-refractivity contribution is 5.73. The molecule has 0 atom stereocenters. The molecule has 0 amide bonds. The van der Waals surface area contributed by atoms with E-state index < -0.39 is 0 Å². The average Bonchev–Trinajstić information content (AvgIpc) is 2.19. The molecule has 1 aromatic carbocycles. The molecule has 0 bridgehead atoms. The maximum absolute atomic E-state index is 5.35. The van der Waals surface area contributed by atoms with E-state index in [1.807, 2.05) is 17.3 Å². The van der Waals surface area contributed by atoms with Gasteiger partial charge in [-0.1, -0.05) is 24.3 Å². The van der Waals surface area contributed by atoms with Crippen molar-refractivity contribution in [2.24, 2.45) is 0 Å². The van der Waals surface area contributed by atoms with Crippen LogP contribution in [0.3, 0.4) is 0 Å². The van der Waals surface area contributed by atoms with Gasteiger partial charge >= 0.3 is 0 Å². The minimum absolute atomic E-state index is 0.997. The van der Waals surface area contributed by atoms with Gasteiger partial charge in [-0.3, -0.25) is 0 Å². The minimum Gasteiger partial charge on any atom is -0.383 e. The van der Waals surface area contributed by atoms with Gasteiger partial charge in [0.2, 0.25) is 0 Å². The second-order valence-electron chi connectivity index (χ2n) is 3.18. The molecule has 0 aromatic heterocycles. The first-order valence-corrected chi connectivity index (χ1v) is 4.36. The molecule has 0 N–H and O–H groups in total. The van der Waals surface area contributed by atoms with Crippen molar-refractivity contribution in [3.63, 3.8) is 0 Å². The van der Waals surface area contributed by atoms with Gasteiger partial charge in [-0.2, -0.15) is 5.06 Å². The van der Waals surface area contributed by atoms with Crippen molar-refractivity contribution >= 4 is 11.8 Å². The number of para-hydroxylation sites is 1. The maximum Gasteiger partial charge on any atom is 0.120 e. The van der Waals surface area contributed by atoms with Crippen LogP contribution in [0, 0.1) is 0 Å². The Hall–Kier alpha value is -1.70. The zero-order valence-electron chi connectivity index (χ0n) is 7.10. The van der Waals surface area contributed by atoms with Crippen molar-refractivity contribution in [3.8, 4) is 0 Å². The van der Waals surface area contributed by atoms with E-state index in [-0.39, 0.29) is 0 Å². The highest BCUT2D eigenvalue weighted by Crippen LogP contribution is 2.33. The fraction of sp³-hybridized carbons (Fsp3) is 0.0909. The van der Waals surface area contributed by atoms with Gasteiger partial charge in [-0.25, -0.2) is 0 Å². The lowest BCUT2D eigenvalue weighted by molar-refractivity contribution is 0.246. The van der Waals surface area contributed by atoms with Crippen LogP contribution in [0.25, 0.3) is 6.08 Å². The van der Waals surface area contributed by atoms with E-state index >= 15 is 0 Å². The summed E-state index contributed by atoms with van der Waals surface area (Å²) in [6.45, 7) is 0. The van der Waals surface area contributed by atoms with E-state index in [4.69, 9.17) is 4.84 Å². The lowest BCUT2D eigenvalue weighted by Gasteiger charge is -2.28. The molecular weight excluding hydrogens is 162 g/mol. The van der Waals surface area contributed by atoms with Gasteiger partial charge in [0, 0.05) is 11.8 Å². The van der Waals surface area contributed by atoms with Crippen LogP contribution in [0.5, 0.6) is 0 Å². The van der Waals surface area contributed by atoms with E-state index in [9.17, 15) is 0 Å². The van der Waals surface area contributed by atoms with Crippen molar-refractivity contribution in [1.29, 1.82) is 0 Å². The van der Waals surface area contributed by atoms with Gasteiger partial charge in [0.15, 0.2) is 0 Å². The lowest BCUT2D eigenvalue weighted by atomic mass is 10.0. The topological polar surface area (TPSA) is 12.5 Å². The van der Waals surface area contributed by atoms with E-state index in [0.717, 1.165) is 6.42 Å². The highest BCUT2D eigenvalue weighted by Gasteiger charge is 2.18. The Kier molecular flexibility index (Phi) is 1.25. The predicted molar refractivity (Wildman–Crippen MR) is 51.9 cm³/mol. The third-order valence-electron chi connectivity index (χ3n) is 2.37. The smallest absolute Gasteiger partial charge is 0.120 e. The fourth-order valence-corrected chi connectivity index (χ4v) is 1.79. The molecule has 0 saturated heterocycles. The van der Waals surface area contributed by atoms with Crippen LogP contribution in [0.4, 0.5) is 5.69 Å². The van der Waals surface area contributed by atoms with Crippen molar-refractivity contribution in [3.05, 3.63) is 47.9 Å². The molecular formula is C11H9NO. The quantitative estimate of drug-likeness (QED) is 0.594. The van der Waals surface area contributed by atoms with Gasteiger partial charge in [-0.15, -0.1) is 0 Å². The molecule has 0 unspecified atom stereocenters. The minimum atomic E-state index is 0.997. The first kappa shape index (κ1) is 6.78. The first-order valence-electron chi connectivity index (χ1n) is 4.36. The number of hydrogen-bond acceptors (Lipinski definition) is 2. The summed E-state index contributed by atoms with van der Waals surface area (Å²) in [5.74, 6) is 0. The van der Waals surface area contributed by atoms with Gasteiger partial charge in [0.05, 0.1) is 5.69 Å². The third kappa shape index (κ3) is 0.886. The monoisotopic (exact) mass is 171 g/mol. The normalized spacial score (nSPS) is 16.8. The molecule has 2 aliphatic rings. The SMILES string of the molecule is C1=CN2OC=Cc3cccc(c32)C1. The van der Waals surface area contributed by atoms with Crippen molar-refractivity contribution in [2.45, 2.75) is 6.42 Å². The Morgan fingerprint density at radius 3 is 3.31 bits per heavy atom. The number of hydroxylamine groups is 1. The van der Waals surface area contributed by atoms with Crippen molar-refractivity contribution in [1.82, 2.24) is 0 Å². The van der Waals surface area contributed by atoms with Crippen LogP contribution in [-0.2, 0) is 11.3 Å². The summed E-state index contributed by atoms with van der Waals surface area (Å²) in [4.78, 5) is 5.35. The zero-order chi connectivity index (χ0) is 8.67. The summed E-state index contributed by atoms with van der Waals surface area (Å²) >= 11 is 0. The number of hydrogen-bond donors (Lipinski definition) is 0. The van der Waals surface area contributed by atoms with Crippen LogP contribution in [0.2, 0.25) is 0 Å². The van der Waals surface area contributed by atoms with Crippen LogP contribution in [0.1, 0.15) is 11.1 Å². The van der Waals surface area contributed by atoms with Gasteiger partial charge in [0.25, 0.3) is 0 Å². The summed E-state index contributed by atoms with van der Waals surface area (Å²) in [5.41, 5.74) is 3.74. The Bertz CT molecular complexity index is 407. The molecule has 2 heterocycles. The van der Waals surface area contributed by atoms with E-state index in [2.05, 4.69) is 24.3 Å². The number of allylic oxidation sites excluding steroid dienone is 1. The van der Waals surface area contributed by atoms with Gasteiger partial charge in [-0.05, 0) is 18.1 Å². The Morgan fingerprint density at radius 1 is 1.31 bits per heavy atom. The number of benzene rings is 1. The molecule has 13 heavy (non-hydrogen) atoms. The molecule has 64 valence electrons. The third-order valence-corrected chi connectivity index (χ3v) is 2.37. The molecule has 0 radical (unpaired) electrons. The average molecular weight is 171 g/mol. The molecule has 2 heteroatoms. The predicted octanol–water partition coefficient (Wildman–Crippen LogP) is 2.48. The lowest BCUT2D eigenvalue weighted by Crippen LogP contribution is -2.21. The van der Waals surface area contributed by atoms with Gasteiger partial charge < -0.3 is 4.84 Å². The summed E-state index contributed by atoms with van der Waals surface area (Å²) in [7, 11) is 0. The molecule has 0 spiro atoms.